The van der Waals surface area contributed by atoms with Crippen molar-refractivity contribution >= 4 is 17.3 Å². The van der Waals surface area contributed by atoms with Crippen molar-refractivity contribution in [2.24, 2.45) is 28.6 Å². The molecule has 1 N–H and O–H groups in total. The van der Waals surface area contributed by atoms with Gasteiger partial charge in [0.25, 0.3) is 0 Å². The second-order valence-electron chi connectivity index (χ2n) is 11.6. The number of aliphatic hydroxyl groups is 1. The fraction of sp³-hybridized carbons (Fsp3) is 0.586. The van der Waals surface area contributed by atoms with Crippen molar-refractivity contribution < 1.29 is 32.6 Å². The Bertz CT molecular complexity index is 1160. The highest BCUT2D eigenvalue weighted by molar-refractivity contribution is 6.29. The Balaban J connectivity index is 1.65. The molecule has 0 bridgehead atoms. The molecule has 0 aromatic heterocycles. The molecule has 1 aromatic carbocycles. The molecule has 3 saturated carbocycles. The number of carbonyl (C=O) groups excluding carboxylic acids is 2. The number of esters is 1. The Kier molecular flexibility index (Phi) is 5.82. The SMILES string of the molecule is CCC(=O)O[C@@H]1[C@H](C)C[C@H]2[C@@H]3C[C@H](F)C4=C(F)C(=O)C(c5ccccc5)=C[C@]4(C)[C@@]3(F)[C@@H](O)C[C@]12C. The molecule has 5 rings (SSSR count). The van der Waals surface area contributed by atoms with Crippen LogP contribution < -0.4 is 0 Å². The zero-order valence-electron chi connectivity index (χ0n) is 21.1. The van der Waals surface area contributed by atoms with Crippen LogP contribution in [0.2, 0.25) is 0 Å². The van der Waals surface area contributed by atoms with Gasteiger partial charge in [-0.15, -0.1) is 0 Å². The summed E-state index contributed by atoms with van der Waals surface area (Å²) in [6.07, 6.45) is -2.28. The van der Waals surface area contributed by atoms with Crippen LogP contribution in [0.5, 0.6) is 0 Å². The minimum Gasteiger partial charge on any atom is -0.461 e. The van der Waals surface area contributed by atoms with Gasteiger partial charge in [0.2, 0.25) is 5.78 Å². The summed E-state index contributed by atoms with van der Waals surface area (Å²) < 4.78 is 54.8. The van der Waals surface area contributed by atoms with Crippen molar-refractivity contribution in [3.63, 3.8) is 0 Å². The Hall–Kier alpha value is -2.41. The van der Waals surface area contributed by atoms with Gasteiger partial charge in [-0.05, 0) is 43.6 Å². The third-order valence-corrected chi connectivity index (χ3v) is 9.66. The van der Waals surface area contributed by atoms with Crippen molar-refractivity contribution in [1.29, 1.82) is 0 Å². The number of alkyl halides is 2. The molecule has 4 aliphatic rings. The Morgan fingerprint density at radius 3 is 2.47 bits per heavy atom. The summed E-state index contributed by atoms with van der Waals surface area (Å²) in [6.45, 7) is 6.92. The lowest BCUT2D eigenvalue weighted by Gasteiger charge is -2.62. The van der Waals surface area contributed by atoms with Crippen LogP contribution in [0, 0.1) is 28.6 Å². The molecule has 3 fully saturated rings. The average Bonchev–Trinajstić information content (AvgIpc) is 3.08. The van der Waals surface area contributed by atoms with Crippen molar-refractivity contribution in [1.82, 2.24) is 0 Å². The molecule has 9 atom stereocenters. The number of rotatable bonds is 3. The number of Topliss-reactive ketones (excluding diaryl/α,β-unsaturated/α-hetero) is 1. The van der Waals surface area contributed by atoms with E-state index < -0.39 is 58.0 Å². The molecule has 0 spiro atoms. The van der Waals surface area contributed by atoms with Gasteiger partial charge in [0.15, 0.2) is 11.5 Å². The largest absolute Gasteiger partial charge is 0.461 e. The van der Waals surface area contributed by atoms with Gasteiger partial charge in [-0.2, -0.15) is 0 Å². The van der Waals surface area contributed by atoms with Gasteiger partial charge in [-0.1, -0.05) is 57.2 Å². The zero-order valence-corrected chi connectivity index (χ0v) is 21.1. The molecule has 36 heavy (non-hydrogen) atoms. The lowest BCUT2D eigenvalue weighted by atomic mass is 9.45. The molecule has 0 heterocycles. The molecule has 1 aromatic rings. The molecule has 0 radical (unpaired) electrons. The molecule has 0 saturated heterocycles. The topological polar surface area (TPSA) is 63.6 Å². The van der Waals surface area contributed by atoms with Crippen LogP contribution in [-0.2, 0) is 14.3 Å². The van der Waals surface area contributed by atoms with Gasteiger partial charge in [-0.25, -0.2) is 13.2 Å². The minimum absolute atomic E-state index is 0.0133. The number of hydrogen-bond donors (Lipinski definition) is 1. The number of hydrogen-bond acceptors (Lipinski definition) is 4. The Morgan fingerprint density at radius 1 is 1.17 bits per heavy atom. The summed E-state index contributed by atoms with van der Waals surface area (Å²) in [4.78, 5) is 25.1. The van der Waals surface area contributed by atoms with Crippen molar-refractivity contribution in [2.75, 3.05) is 0 Å². The highest BCUT2D eigenvalue weighted by Gasteiger charge is 2.74. The van der Waals surface area contributed by atoms with E-state index in [1.54, 1.807) is 37.3 Å². The lowest BCUT2D eigenvalue weighted by Crippen LogP contribution is -2.68. The lowest BCUT2D eigenvalue weighted by molar-refractivity contribution is -0.212. The van der Waals surface area contributed by atoms with E-state index in [2.05, 4.69) is 0 Å². The number of ketones is 1. The summed E-state index contributed by atoms with van der Waals surface area (Å²) in [5.41, 5.74) is -5.14. The Labute approximate surface area is 209 Å². The third kappa shape index (κ3) is 3.17. The van der Waals surface area contributed by atoms with Crippen molar-refractivity contribution in [3.05, 3.63) is 53.4 Å². The van der Waals surface area contributed by atoms with Crippen LogP contribution in [0.4, 0.5) is 13.2 Å². The van der Waals surface area contributed by atoms with Crippen LogP contribution in [0.3, 0.4) is 0 Å². The Morgan fingerprint density at radius 2 is 1.83 bits per heavy atom. The predicted molar refractivity (Wildman–Crippen MR) is 129 cm³/mol. The number of fused-ring (bicyclic) bond motifs is 5. The first-order valence-electron chi connectivity index (χ1n) is 12.8. The van der Waals surface area contributed by atoms with Gasteiger partial charge < -0.3 is 9.84 Å². The second-order valence-corrected chi connectivity index (χ2v) is 11.6. The molecule has 4 aliphatic carbocycles. The predicted octanol–water partition coefficient (Wildman–Crippen LogP) is 5.70. The van der Waals surface area contributed by atoms with E-state index >= 15 is 13.2 Å². The van der Waals surface area contributed by atoms with E-state index in [1.807, 2.05) is 13.8 Å². The summed E-state index contributed by atoms with van der Waals surface area (Å²) >= 11 is 0. The fourth-order valence-corrected chi connectivity index (χ4v) is 8.05. The summed E-state index contributed by atoms with van der Waals surface area (Å²) in [7, 11) is 0. The normalized spacial score (nSPS) is 43.9. The summed E-state index contributed by atoms with van der Waals surface area (Å²) in [5, 5.41) is 11.5. The quantitative estimate of drug-likeness (QED) is 0.539. The van der Waals surface area contributed by atoms with Gasteiger partial charge in [-0.3, -0.25) is 9.59 Å². The summed E-state index contributed by atoms with van der Waals surface area (Å²) in [6, 6.07) is 8.38. The van der Waals surface area contributed by atoms with E-state index in [1.165, 1.54) is 13.0 Å². The minimum atomic E-state index is -2.41. The maximum Gasteiger partial charge on any atom is 0.305 e. The van der Waals surface area contributed by atoms with Crippen LogP contribution in [-0.4, -0.2) is 40.9 Å². The molecule has 0 aliphatic heterocycles. The number of ether oxygens (including phenoxy) is 1. The zero-order chi connectivity index (χ0) is 26.2. The van der Waals surface area contributed by atoms with E-state index in [-0.39, 0.29) is 42.6 Å². The van der Waals surface area contributed by atoms with Gasteiger partial charge >= 0.3 is 5.97 Å². The molecule has 7 heteroatoms. The number of allylic oxidation sites excluding steroid dienone is 4. The standard InChI is InChI=1S/C29H33F3O4/c1-5-22(34)36-26-15(2)11-18-19-12-20(30)23-24(31)25(35)17(16-9-7-6-8-10-16)13-28(23,4)29(19,32)21(33)14-27(18,26)3/h6-10,13,15,18-21,26,33H,5,11-12,14H2,1-4H3/t15-,18+,19+,20+,21+,26-,27+,28+,29+/m1/s1. The maximum absolute atomic E-state index is 17.6. The summed E-state index contributed by atoms with van der Waals surface area (Å²) in [5.74, 6) is -4.04. The molecule has 4 nitrogen and oxygen atoms in total. The monoisotopic (exact) mass is 502 g/mol. The van der Waals surface area contributed by atoms with E-state index in [4.69, 9.17) is 4.74 Å². The third-order valence-electron chi connectivity index (χ3n) is 9.66. The number of halogens is 3. The molecule has 194 valence electrons. The van der Waals surface area contributed by atoms with Crippen molar-refractivity contribution in [3.8, 4) is 0 Å². The van der Waals surface area contributed by atoms with Gasteiger partial charge in [0.1, 0.15) is 12.3 Å². The van der Waals surface area contributed by atoms with Gasteiger partial charge in [0, 0.05) is 28.9 Å². The van der Waals surface area contributed by atoms with Crippen molar-refractivity contribution in [2.45, 2.75) is 77.4 Å². The average molecular weight is 503 g/mol. The smallest absolute Gasteiger partial charge is 0.305 e. The number of carbonyl (C=O) groups is 2. The van der Waals surface area contributed by atoms with E-state index in [9.17, 15) is 14.7 Å². The van der Waals surface area contributed by atoms with Crippen LogP contribution >= 0.6 is 0 Å². The molecular formula is C29H33F3O4. The highest BCUT2D eigenvalue weighted by Crippen LogP contribution is 2.70. The van der Waals surface area contributed by atoms with Crippen LogP contribution in [0.15, 0.2) is 47.8 Å². The van der Waals surface area contributed by atoms with Gasteiger partial charge in [0.05, 0.1) is 11.5 Å². The first-order chi connectivity index (χ1) is 16.9. The van der Waals surface area contributed by atoms with Crippen LogP contribution in [0.1, 0.15) is 58.9 Å². The van der Waals surface area contributed by atoms with Crippen LogP contribution in [0.25, 0.3) is 5.57 Å². The first kappa shape index (κ1) is 25.2. The van der Waals surface area contributed by atoms with E-state index in [0.717, 1.165) is 0 Å². The number of aliphatic hydroxyl groups excluding tert-OH is 1. The molecular weight excluding hydrogens is 469 g/mol. The highest BCUT2D eigenvalue weighted by atomic mass is 19.2. The fourth-order valence-electron chi connectivity index (χ4n) is 8.05. The second kappa shape index (κ2) is 8.30. The first-order valence-corrected chi connectivity index (χ1v) is 12.8. The van der Waals surface area contributed by atoms with E-state index in [0.29, 0.717) is 12.0 Å². The molecule has 0 amide bonds. The maximum atomic E-state index is 17.6. The molecule has 0 unspecified atom stereocenters. The number of benzene rings is 1.